The Morgan fingerprint density at radius 1 is 1.20 bits per heavy atom. The number of alkyl halides is 3. The van der Waals surface area contributed by atoms with Crippen LogP contribution < -0.4 is 0 Å². The van der Waals surface area contributed by atoms with Gasteiger partial charge < -0.3 is 9.42 Å². The van der Waals surface area contributed by atoms with Crippen LogP contribution in [0.25, 0.3) is 11.5 Å². The Morgan fingerprint density at radius 2 is 2.00 bits per heavy atom. The molecule has 0 aliphatic carbocycles. The van der Waals surface area contributed by atoms with Crippen molar-refractivity contribution in [1.29, 1.82) is 5.26 Å². The van der Waals surface area contributed by atoms with Gasteiger partial charge in [0, 0.05) is 31.0 Å². The maximum absolute atomic E-state index is 13.2. The lowest BCUT2D eigenvalue weighted by molar-refractivity contribution is -0.139. The van der Waals surface area contributed by atoms with Crippen molar-refractivity contribution in [2.75, 3.05) is 6.54 Å². The fraction of sp³-hybridized carbons (Fsp3) is 0.238. The molecular formula is C21H15F3N4O2. The zero-order valence-corrected chi connectivity index (χ0v) is 15.6. The van der Waals surface area contributed by atoms with E-state index in [1.165, 1.54) is 23.1 Å². The van der Waals surface area contributed by atoms with Crippen LogP contribution in [0.3, 0.4) is 0 Å². The van der Waals surface area contributed by atoms with E-state index in [1.54, 1.807) is 24.3 Å². The molecule has 0 spiro atoms. The average molecular weight is 412 g/mol. The van der Waals surface area contributed by atoms with Gasteiger partial charge in [0.05, 0.1) is 17.2 Å². The van der Waals surface area contributed by atoms with E-state index in [1.807, 2.05) is 6.07 Å². The molecule has 0 N–H and O–H groups in total. The first-order valence-corrected chi connectivity index (χ1v) is 9.12. The Bertz CT molecular complexity index is 1130. The van der Waals surface area contributed by atoms with E-state index < -0.39 is 11.7 Å². The number of amides is 1. The van der Waals surface area contributed by atoms with Gasteiger partial charge in [-0.1, -0.05) is 29.4 Å². The fourth-order valence-corrected chi connectivity index (χ4v) is 3.48. The summed E-state index contributed by atoms with van der Waals surface area (Å²) in [6, 6.07) is 13.9. The van der Waals surface area contributed by atoms with Crippen LogP contribution in [0.1, 0.15) is 34.9 Å². The van der Waals surface area contributed by atoms with Gasteiger partial charge in [-0.2, -0.15) is 23.4 Å². The van der Waals surface area contributed by atoms with Crippen LogP contribution in [0, 0.1) is 11.3 Å². The van der Waals surface area contributed by atoms with Crippen LogP contribution in [-0.2, 0) is 17.5 Å². The third-order valence-corrected chi connectivity index (χ3v) is 4.94. The third kappa shape index (κ3) is 3.89. The number of carbonyl (C=O) groups excluding carboxylic acids is 1. The van der Waals surface area contributed by atoms with E-state index in [9.17, 15) is 18.0 Å². The molecular weight excluding hydrogens is 397 g/mol. The van der Waals surface area contributed by atoms with Crippen molar-refractivity contribution in [3.05, 3.63) is 71.0 Å². The highest BCUT2D eigenvalue weighted by Crippen LogP contribution is 2.34. The number of halogens is 3. The smallest absolute Gasteiger partial charge is 0.338 e. The molecule has 2 heterocycles. The topological polar surface area (TPSA) is 83.0 Å². The van der Waals surface area contributed by atoms with E-state index in [-0.39, 0.29) is 42.8 Å². The quantitative estimate of drug-likeness (QED) is 0.643. The van der Waals surface area contributed by atoms with E-state index in [4.69, 9.17) is 9.78 Å². The lowest BCUT2D eigenvalue weighted by Crippen LogP contribution is -2.26. The van der Waals surface area contributed by atoms with Crippen molar-refractivity contribution in [3.63, 3.8) is 0 Å². The van der Waals surface area contributed by atoms with Crippen molar-refractivity contribution < 1.29 is 22.5 Å². The van der Waals surface area contributed by atoms with Crippen LogP contribution in [0.5, 0.6) is 0 Å². The highest BCUT2D eigenvalue weighted by Gasteiger charge is 2.37. The lowest BCUT2D eigenvalue weighted by atomic mass is 10.1. The van der Waals surface area contributed by atoms with Crippen molar-refractivity contribution in [3.8, 4) is 17.5 Å². The summed E-state index contributed by atoms with van der Waals surface area (Å²) < 4.78 is 44.9. The minimum atomic E-state index is -4.49. The Balaban J connectivity index is 1.51. The van der Waals surface area contributed by atoms with Gasteiger partial charge in [0.2, 0.25) is 5.91 Å². The van der Waals surface area contributed by atoms with Crippen molar-refractivity contribution >= 4 is 5.91 Å². The molecule has 9 heteroatoms. The summed E-state index contributed by atoms with van der Waals surface area (Å²) in [7, 11) is 0. The van der Waals surface area contributed by atoms with E-state index in [0.29, 0.717) is 17.0 Å². The second-order valence-corrected chi connectivity index (χ2v) is 6.98. The molecule has 1 fully saturated rings. The number of nitrogens with zero attached hydrogens (tertiary/aromatic N) is 4. The Kier molecular flexibility index (Phi) is 4.99. The first kappa shape index (κ1) is 19.6. The summed E-state index contributed by atoms with van der Waals surface area (Å²) >= 11 is 0. The Hall–Kier alpha value is -3.67. The standard InChI is InChI=1S/C21H15F3N4O2/c22-21(23,24)17-7-2-1-5-15(17)11-28-12-16(9-18(28)29)19-26-20(30-27-19)14-6-3-4-13(8-14)10-25/h1-8,16H,9,11-12H2. The zero-order chi connectivity index (χ0) is 21.3. The van der Waals surface area contributed by atoms with Gasteiger partial charge in [-0.25, -0.2) is 0 Å². The molecule has 1 amide bonds. The Morgan fingerprint density at radius 3 is 2.77 bits per heavy atom. The highest BCUT2D eigenvalue weighted by molar-refractivity contribution is 5.79. The number of carbonyl (C=O) groups is 1. The molecule has 1 aliphatic rings. The van der Waals surface area contributed by atoms with Gasteiger partial charge >= 0.3 is 6.18 Å². The monoisotopic (exact) mass is 412 g/mol. The number of hydrogen-bond acceptors (Lipinski definition) is 5. The predicted molar refractivity (Wildman–Crippen MR) is 98.7 cm³/mol. The third-order valence-electron chi connectivity index (χ3n) is 4.94. The van der Waals surface area contributed by atoms with Gasteiger partial charge in [-0.3, -0.25) is 4.79 Å². The van der Waals surface area contributed by atoms with Crippen molar-refractivity contribution in [2.45, 2.75) is 25.1 Å². The van der Waals surface area contributed by atoms with E-state index in [0.717, 1.165) is 6.07 Å². The maximum atomic E-state index is 13.2. The largest absolute Gasteiger partial charge is 0.416 e. The molecule has 0 radical (unpaired) electrons. The molecule has 0 bridgehead atoms. The molecule has 1 aromatic heterocycles. The van der Waals surface area contributed by atoms with Gasteiger partial charge in [-0.05, 0) is 29.8 Å². The van der Waals surface area contributed by atoms with Gasteiger partial charge in [-0.15, -0.1) is 0 Å². The first-order valence-electron chi connectivity index (χ1n) is 9.12. The second kappa shape index (κ2) is 7.63. The van der Waals surface area contributed by atoms with E-state index in [2.05, 4.69) is 10.1 Å². The molecule has 0 saturated carbocycles. The van der Waals surface area contributed by atoms with Crippen LogP contribution in [0.2, 0.25) is 0 Å². The Labute approximate surface area is 169 Å². The van der Waals surface area contributed by atoms with Crippen LogP contribution in [-0.4, -0.2) is 27.5 Å². The molecule has 1 unspecified atom stereocenters. The summed E-state index contributed by atoms with van der Waals surface area (Å²) in [4.78, 5) is 18.1. The summed E-state index contributed by atoms with van der Waals surface area (Å²) in [6.07, 6.45) is -4.40. The van der Waals surface area contributed by atoms with Gasteiger partial charge in [0.25, 0.3) is 5.89 Å². The molecule has 6 nitrogen and oxygen atoms in total. The molecule has 1 atom stereocenters. The average Bonchev–Trinajstić information content (AvgIpc) is 3.35. The summed E-state index contributed by atoms with van der Waals surface area (Å²) in [5.41, 5.74) is 0.312. The van der Waals surface area contributed by atoms with Gasteiger partial charge in [0.15, 0.2) is 5.82 Å². The zero-order valence-electron chi connectivity index (χ0n) is 15.6. The van der Waals surface area contributed by atoms with E-state index >= 15 is 0 Å². The molecule has 3 aromatic rings. The molecule has 1 aliphatic heterocycles. The SMILES string of the molecule is N#Cc1cccc(-c2nc(C3CC(=O)N(Cc4ccccc4C(F)(F)F)C3)no2)c1. The maximum Gasteiger partial charge on any atom is 0.416 e. The summed E-state index contributed by atoms with van der Waals surface area (Å²) in [5.74, 6) is -0.121. The molecule has 1 saturated heterocycles. The summed E-state index contributed by atoms with van der Waals surface area (Å²) in [5, 5.41) is 12.9. The number of aromatic nitrogens is 2. The lowest BCUT2D eigenvalue weighted by Gasteiger charge is -2.19. The number of benzene rings is 2. The molecule has 30 heavy (non-hydrogen) atoms. The number of likely N-dealkylation sites (tertiary alicyclic amines) is 1. The summed E-state index contributed by atoms with van der Waals surface area (Å²) in [6.45, 7) is 0.0577. The molecule has 152 valence electrons. The van der Waals surface area contributed by atoms with Crippen LogP contribution in [0.4, 0.5) is 13.2 Å². The predicted octanol–water partition coefficient (Wildman–Crippen LogP) is 4.14. The number of rotatable bonds is 4. The van der Waals surface area contributed by atoms with Crippen molar-refractivity contribution in [1.82, 2.24) is 15.0 Å². The minimum Gasteiger partial charge on any atom is -0.338 e. The first-order chi connectivity index (χ1) is 14.3. The molecule has 4 rings (SSSR count). The highest BCUT2D eigenvalue weighted by atomic mass is 19.4. The fourth-order valence-electron chi connectivity index (χ4n) is 3.48. The molecule has 2 aromatic carbocycles. The minimum absolute atomic E-state index is 0.0427. The van der Waals surface area contributed by atoms with Gasteiger partial charge in [0.1, 0.15) is 0 Å². The van der Waals surface area contributed by atoms with Crippen molar-refractivity contribution in [2.24, 2.45) is 0 Å². The normalized spacial score (nSPS) is 16.7. The number of nitriles is 1. The van der Waals surface area contributed by atoms with Crippen LogP contribution >= 0.6 is 0 Å². The second-order valence-electron chi connectivity index (χ2n) is 6.98. The van der Waals surface area contributed by atoms with Crippen LogP contribution in [0.15, 0.2) is 53.1 Å². The number of hydrogen-bond donors (Lipinski definition) is 0.